The Hall–Kier alpha value is -3.87. The molecule has 41 heavy (non-hydrogen) atoms. The lowest BCUT2D eigenvalue weighted by Gasteiger charge is -2.30. The molecule has 0 bridgehead atoms. The predicted molar refractivity (Wildman–Crippen MR) is 160 cm³/mol. The van der Waals surface area contributed by atoms with Gasteiger partial charge >= 0.3 is 4.87 Å². The molecule has 9 nitrogen and oxygen atoms in total. The van der Waals surface area contributed by atoms with Crippen molar-refractivity contribution < 1.29 is 23.9 Å². The lowest BCUT2D eigenvalue weighted by Crippen LogP contribution is -2.32. The fourth-order valence-corrected chi connectivity index (χ4v) is 7.82. The average Bonchev–Trinajstić information content (AvgIpc) is 3.47. The molecular weight excluding hydrogens is 630 g/mol. The molecule has 0 radical (unpaired) electrons. The molecule has 3 aromatic carbocycles. The predicted octanol–water partition coefficient (Wildman–Crippen LogP) is 5.02. The number of thioether (sulfide) groups is 1. The van der Waals surface area contributed by atoms with Gasteiger partial charge in [-0.2, -0.15) is 0 Å². The molecule has 2 N–H and O–H groups in total. The molecule has 0 spiro atoms. The molecule has 0 aliphatic carbocycles. The molecule has 208 valence electrons. The summed E-state index contributed by atoms with van der Waals surface area (Å²) in [7, 11) is 1.57. The number of thiazole rings is 1. The monoisotopic (exact) mass is 651 g/mol. The Morgan fingerprint density at radius 1 is 1.00 bits per heavy atom. The van der Waals surface area contributed by atoms with E-state index in [1.54, 1.807) is 73.8 Å². The van der Waals surface area contributed by atoms with E-state index in [1.807, 2.05) is 6.07 Å². The van der Waals surface area contributed by atoms with E-state index in [2.05, 4.69) is 26.2 Å². The molecule has 1 saturated heterocycles. The molecular formula is C29H22BrN3O6S2. The number of methoxy groups -OCH3 is 1. The van der Waals surface area contributed by atoms with Crippen molar-refractivity contribution >= 4 is 68.1 Å². The highest BCUT2D eigenvalue weighted by atomic mass is 79.9. The zero-order valence-corrected chi connectivity index (χ0v) is 24.7. The molecule has 3 amide bonds. The van der Waals surface area contributed by atoms with Crippen LogP contribution in [0.1, 0.15) is 16.4 Å². The number of aromatic amines is 1. The number of anilines is 2. The third-order valence-corrected chi connectivity index (χ3v) is 9.80. The Bertz CT molecular complexity index is 1700. The third-order valence-electron chi connectivity index (χ3n) is 6.87. The van der Waals surface area contributed by atoms with Crippen molar-refractivity contribution in [1.29, 1.82) is 0 Å². The summed E-state index contributed by atoms with van der Waals surface area (Å²) in [6.07, 6.45) is 0. The number of nitrogens with one attached hydrogen (secondary N) is 2. The zero-order chi connectivity index (χ0) is 28.7. The van der Waals surface area contributed by atoms with Crippen molar-refractivity contribution in [2.75, 3.05) is 23.9 Å². The van der Waals surface area contributed by atoms with Gasteiger partial charge in [-0.1, -0.05) is 51.2 Å². The number of aromatic nitrogens is 1. The van der Waals surface area contributed by atoms with Crippen LogP contribution in [0.2, 0.25) is 0 Å². The van der Waals surface area contributed by atoms with E-state index in [4.69, 9.17) is 9.47 Å². The van der Waals surface area contributed by atoms with Crippen molar-refractivity contribution in [1.82, 2.24) is 4.98 Å². The zero-order valence-electron chi connectivity index (χ0n) is 21.5. The van der Waals surface area contributed by atoms with Crippen molar-refractivity contribution in [3.05, 3.63) is 97.4 Å². The van der Waals surface area contributed by atoms with Crippen molar-refractivity contribution in [3.63, 3.8) is 0 Å². The number of ether oxygens (including phenoxy) is 2. The summed E-state index contributed by atoms with van der Waals surface area (Å²) in [6.45, 7) is -0.237. The SMILES string of the molecule is COc1ccc(NC(=O)COc2cccc(C3c4sc(=O)[nH]c4SC4C(=O)N(c5ccc(Br)cc5)C(=O)C43)c2)cc1. The van der Waals surface area contributed by atoms with E-state index in [-0.39, 0.29) is 29.2 Å². The summed E-state index contributed by atoms with van der Waals surface area (Å²) in [5, 5.41) is 2.66. The van der Waals surface area contributed by atoms with Gasteiger partial charge in [0, 0.05) is 21.0 Å². The van der Waals surface area contributed by atoms with Gasteiger partial charge in [0.1, 0.15) is 16.7 Å². The maximum absolute atomic E-state index is 13.9. The molecule has 0 saturated carbocycles. The van der Waals surface area contributed by atoms with Crippen molar-refractivity contribution in [3.8, 4) is 11.5 Å². The number of nitrogens with zero attached hydrogens (tertiary/aromatic N) is 1. The Morgan fingerprint density at radius 2 is 1.76 bits per heavy atom. The number of halogens is 1. The molecule has 3 atom stereocenters. The van der Waals surface area contributed by atoms with Crippen LogP contribution < -0.4 is 24.6 Å². The molecule has 1 fully saturated rings. The van der Waals surface area contributed by atoms with Crippen LogP contribution in [0, 0.1) is 5.92 Å². The van der Waals surface area contributed by atoms with Crippen LogP contribution in [0.5, 0.6) is 11.5 Å². The number of imide groups is 1. The van der Waals surface area contributed by atoms with Crippen LogP contribution >= 0.6 is 39.0 Å². The average molecular weight is 653 g/mol. The highest BCUT2D eigenvalue weighted by Crippen LogP contribution is 2.53. The van der Waals surface area contributed by atoms with E-state index in [9.17, 15) is 19.2 Å². The van der Waals surface area contributed by atoms with Crippen LogP contribution in [-0.2, 0) is 14.4 Å². The first kappa shape index (κ1) is 27.3. The van der Waals surface area contributed by atoms with E-state index >= 15 is 0 Å². The summed E-state index contributed by atoms with van der Waals surface area (Å²) in [6, 6.07) is 21.0. The van der Waals surface area contributed by atoms with Gasteiger partial charge in [0.05, 0.1) is 23.7 Å². The first-order valence-electron chi connectivity index (χ1n) is 12.5. The molecule has 2 aliphatic rings. The smallest absolute Gasteiger partial charge is 0.305 e. The molecule has 6 rings (SSSR count). The second-order valence-corrected chi connectivity index (χ2v) is 12.5. The number of carbonyl (C=O) groups excluding carboxylic acids is 3. The van der Waals surface area contributed by atoms with Crippen molar-refractivity contribution in [2.24, 2.45) is 5.92 Å². The molecule has 12 heteroatoms. The first-order valence-corrected chi connectivity index (χ1v) is 15.0. The lowest BCUT2D eigenvalue weighted by atomic mass is 9.83. The topological polar surface area (TPSA) is 118 Å². The number of hydrogen-bond donors (Lipinski definition) is 2. The van der Waals surface area contributed by atoms with E-state index in [0.717, 1.165) is 15.8 Å². The van der Waals surface area contributed by atoms with Gasteiger partial charge in [-0.05, 0) is 66.2 Å². The highest BCUT2D eigenvalue weighted by Gasteiger charge is 2.56. The fourth-order valence-electron chi connectivity index (χ4n) is 5.04. The van der Waals surface area contributed by atoms with Gasteiger partial charge in [0.15, 0.2) is 6.61 Å². The second-order valence-electron chi connectivity index (χ2n) is 9.38. The van der Waals surface area contributed by atoms with E-state index < -0.39 is 17.1 Å². The summed E-state index contributed by atoms with van der Waals surface area (Å²) in [5.74, 6) is -1.15. The molecule has 2 aliphatic heterocycles. The largest absolute Gasteiger partial charge is 0.497 e. The van der Waals surface area contributed by atoms with Gasteiger partial charge in [-0.3, -0.25) is 19.2 Å². The molecule has 3 heterocycles. The summed E-state index contributed by atoms with van der Waals surface area (Å²) < 4.78 is 11.8. The van der Waals surface area contributed by atoms with Gasteiger partial charge in [-0.15, -0.1) is 0 Å². The minimum absolute atomic E-state index is 0.237. The van der Waals surface area contributed by atoms with Gasteiger partial charge < -0.3 is 19.8 Å². The van der Waals surface area contributed by atoms with E-state index in [0.29, 0.717) is 38.3 Å². The van der Waals surface area contributed by atoms with Crippen LogP contribution in [0.25, 0.3) is 0 Å². The Morgan fingerprint density at radius 3 is 2.49 bits per heavy atom. The van der Waals surface area contributed by atoms with Gasteiger partial charge in [0.2, 0.25) is 11.8 Å². The normalized spacial score (nSPS) is 19.5. The number of fused-ring (bicyclic) bond motifs is 2. The first-order chi connectivity index (χ1) is 19.8. The van der Waals surface area contributed by atoms with Gasteiger partial charge in [0.25, 0.3) is 5.91 Å². The number of amides is 3. The Labute approximate surface area is 251 Å². The standard InChI is InChI=1S/C29H22BrN3O6S2/c1-38-19-11-7-17(8-12-19)31-21(34)14-39-20-4-2-3-15(13-20)22-23-25(40-26-24(22)41-29(37)32-26)28(36)33(27(23)35)18-9-5-16(30)6-10-18/h2-13,22-23,25H,14H2,1H3,(H,31,34)(H,32,37). The molecule has 4 aromatic rings. The number of carbonyl (C=O) groups is 3. The number of benzene rings is 3. The number of hydrogen-bond acceptors (Lipinski definition) is 8. The van der Waals surface area contributed by atoms with Crippen LogP contribution in [0.4, 0.5) is 11.4 Å². The summed E-state index contributed by atoms with van der Waals surface area (Å²) >= 11 is 5.65. The molecule has 3 unspecified atom stereocenters. The molecule has 1 aromatic heterocycles. The van der Waals surface area contributed by atoms with Gasteiger partial charge in [-0.25, -0.2) is 4.90 Å². The van der Waals surface area contributed by atoms with Crippen LogP contribution in [0.3, 0.4) is 0 Å². The van der Waals surface area contributed by atoms with Crippen LogP contribution in [-0.4, -0.2) is 41.7 Å². The van der Waals surface area contributed by atoms with Crippen molar-refractivity contribution in [2.45, 2.75) is 16.2 Å². The second kappa shape index (κ2) is 11.2. The third kappa shape index (κ3) is 5.30. The minimum atomic E-state index is -0.719. The van der Waals surface area contributed by atoms with Crippen LogP contribution in [0.15, 0.2) is 87.1 Å². The fraction of sp³-hybridized carbons (Fsp3) is 0.172. The number of rotatable bonds is 7. The maximum Gasteiger partial charge on any atom is 0.305 e. The minimum Gasteiger partial charge on any atom is -0.497 e. The lowest BCUT2D eigenvalue weighted by molar-refractivity contribution is -0.122. The Balaban J connectivity index is 1.26. The van der Waals surface area contributed by atoms with E-state index in [1.165, 1.54) is 16.7 Å². The quantitative estimate of drug-likeness (QED) is 0.269. The Kier molecular flexibility index (Phi) is 7.45. The summed E-state index contributed by atoms with van der Waals surface area (Å²) in [5.41, 5.74) is 1.81. The summed E-state index contributed by atoms with van der Waals surface area (Å²) in [4.78, 5) is 56.8. The number of H-pyrrole nitrogens is 1. The maximum atomic E-state index is 13.9. The highest BCUT2D eigenvalue weighted by molar-refractivity contribution is 9.10.